The summed E-state index contributed by atoms with van der Waals surface area (Å²) >= 11 is 0. The highest BCUT2D eigenvalue weighted by Gasteiger charge is 2.49. The zero-order valence-electron chi connectivity index (χ0n) is 12.5. The Labute approximate surface area is 130 Å². The molecule has 0 aromatic carbocycles. The summed E-state index contributed by atoms with van der Waals surface area (Å²) in [7, 11) is 1.75. The van der Waals surface area contributed by atoms with E-state index in [1.165, 1.54) is 4.90 Å². The van der Waals surface area contributed by atoms with Crippen LogP contribution >= 0.6 is 0 Å². The van der Waals surface area contributed by atoms with Gasteiger partial charge in [0.15, 0.2) is 0 Å². The second kappa shape index (κ2) is 5.12. The lowest BCUT2D eigenvalue weighted by atomic mass is 9.81. The van der Waals surface area contributed by atoms with Gasteiger partial charge in [-0.05, 0) is 19.9 Å². The highest BCUT2D eigenvalue weighted by Crippen LogP contribution is 2.45. The molecule has 128 valence electrons. The number of piperidine rings is 1. The molecule has 23 heavy (non-hydrogen) atoms. The van der Waals surface area contributed by atoms with Crippen molar-refractivity contribution in [3.63, 3.8) is 0 Å². The third kappa shape index (κ3) is 2.37. The van der Waals surface area contributed by atoms with Crippen molar-refractivity contribution in [2.45, 2.75) is 31.1 Å². The van der Waals surface area contributed by atoms with E-state index in [1.807, 2.05) is 4.90 Å². The molecule has 1 spiro atoms. The third-order valence-corrected chi connectivity index (χ3v) is 5.03. The minimum atomic E-state index is -4.61. The van der Waals surface area contributed by atoms with E-state index in [9.17, 15) is 22.4 Å². The lowest BCUT2D eigenvalue weighted by Crippen LogP contribution is -2.57. The highest BCUT2D eigenvalue weighted by molar-refractivity contribution is 5.65. The first-order chi connectivity index (χ1) is 10.7. The minimum absolute atomic E-state index is 0.0311. The molecule has 0 unspecified atom stereocenters. The van der Waals surface area contributed by atoms with Gasteiger partial charge in [0, 0.05) is 32.2 Å². The lowest BCUT2D eigenvalue weighted by molar-refractivity contribution is -0.144. The van der Waals surface area contributed by atoms with Crippen molar-refractivity contribution < 1.29 is 27.5 Å². The van der Waals surface area contributed by atoms with Gasteiger partial charge in [-0.2, -0.15) is 13.2 Å². The van der Waals surface area contributed by atoms with Crippen LogP contribution < -0.4 is 0 Å². The number of hydrogen-bond acceptors (Lipinski definition) is 2. The minimum Gasteiger partial charge on any atom is -0.465 e. The van der Waals surface area contributed by atoms with Crippen molar-refractivity contribution in [3.05, 3.63) is 23.3 Å². The number of carbonyl (C=O) groups is 1. The molecule has 1 amide bonds. The summed E-state index contributed by atoms with van der Waals surface area (Å²) in [4.78, 5) is 14.1. The number of halogens is 4. The van der Waals surface area contributed by atoms with Crippen LogP contribution in [0.3, 0.4) is 0 Å². The molecular weight excluding hydrogens is 318 g/mol. The predicted molar refractivity (Wildman–Crippen MR) is 72.5 cm³/mol. The first kappa shape index (κ1) is 16.1. The molecule has 3 heterocycles. The monoisotopic (exact) mass is 335 g/mol. The molecule has 2 aliphatic rings. The number of likely N-dealkylation sites (N-methyl/N-ethyl adjacent to an activating group) is 1. The van der Waals surface area contributed by atoms with Crippen LogP contribution in [0.1, 0.15) is 24.2 Å². The smallest absolute Gasteiger partial charge is 0.431 e. The van der Waals surface area contributed by atoms with Gasteiger partial charge in [0.25, 0.3) is 0 Å². The van der Waals surface area contributed by atoms with E-state index in [1.54, 1.807) is 7.05 Å². The Morgan fingerprint density at radius 3 is 2.35 bits per heavy atom. The Kier molecular flexibility index (Phi) is 3.58. The summed E-state index contributed by atoms with van der Waals surface area (Å²) in [5, 5.41) is 9.04. The van der Waals surface area contributed by atoms with E-state index < -0.39 is 29.3 Å². The Morgan fingerprint density at radius 2 is 1.83 bits per heavy atom. The van der Waals surface area contributed by atoms with Crippen molar-refractivity contribution >= 4 is 6.09 Å². The quantitative estimate of drug-likeness (QED) is 0.742. The molecule has 0 radical (unpaired) electrons. The zero-order valence-corrected chi connectivity index (χ0v) is 12.5. The van der Waals surface area contributed by atoms with Gasteiger partial charge in [0.05, 0.1) is 11.2 Å². The summed E-state index contributed by atoms with van der Waals surface area (Å²) in [5.41, 5.74) is -1.83. The number of rotatable bonds is 0. The van der Waals surface area contributed by atoms with Crippen LogP contribution in [-0.4, -0.2) is 52.2 Å². The molecule has 1 aromatic heterocycles. The molecule has 2 aliphatic heterocycles. The number of alkyl halides is 3. The number of fused-ring (bicyclic) bond motifs is 2. The molecule has 1 fully saturated rings. The van der Waals surface area contributed by atoms with Crippen LogP contribution in [0.15, 0.2) is 6.07 Å². The van der Waals surface area contributed by atoms with Crippen molar-refractivity contribution in [1.82, 2.24) is 14.4 Å². The predicted octanol–water partition coefficient (Wildman–Crippen LogP) is 2.56. The van der Waals surface area contributed by atoms with E-state index >= 15 is 0 Å². The van der Waals surface area contributed by atoms with Gasteiger partial charge in [-0.25, -0.2) is 9.18 Å². The van der Waals surface area contributed by atoms with Gasteiger partial charge in [0.1, 0.15) is 11.5 Å². The summed E-state index contributed by atoms with van der Waals surface area (Å²) in [5.74, 6) is -0.868. The molecule has 1 saturated heterocycles. The molecule has 3 rings (SSSR count). The fourth-order valence-electron chi connectivity index (χ4n) is 3.79. The van der Waals surface area contributed by atoms with E-state index in [0.717, 1.165) is 4.57 Å². The maximum absolute atomic E-state index is 14.4. The Balaban J connectivity index is 2.05. The van der Waals surface area contributed by atoms with Gasteiger partial charge in [-0.1, -0.05) is 0 Å². The number of hydrogen-bond donors (Lipinski definition) is 1. The van der Waals surface area contributed by atoms with Crippen LogP contribution in [0.25, 0.3) is 0 Å². The molecule has 1 N–H and O–H groups in total. The summed E-state index contributed by atoms with van der Waals surface area (Å²) in [6.07, 6.45) is -5.13. The van der Waals surface area contributed by atoms with Crippen LogP contribution in [0, 0.1) is 5.82 Å². The standard InChI is InChI=1S/C14H17F4N3O2/c1-19-6-7-21-10(14(16,17)18)8-9(15)11(21)13(19)2-4-20(5-3-13)12(22)23/h8H,2-7H2,1H3,(H,22,23). The van der Waals surface area contributed by atoms with Gasteiger partial charge >= 0.3 is 12.3 Å². The summed E-state index contributed by atoms with van der Waals surface area (Å²) in [6, 6.07) is 0.555. The fourth-order valence-corrected chi connectivity index (χ4v) is 3.79. The first-order valence-corrected chi connectivity index (χ1v) is 7.32. The molecule has 0 atom stereocenters. The van der Waals surface area contributed by atoms with E-state index in [0.29, 0.717) is 12.6 Å². The number of carboxylic acid groups (broad SMARTS) is 1. The van der Waals surface area contributed by atoms with E-state index in [4.69, 9.17) is 5.11 Å². The molecule has 1 aromatic rings. The first-order valence-electron chi connectivity index (χ1n) is 7.32. The van der Waals surface area contributed by atoms with Gasteiger partial charge < -0.3 is 14.6 Å². The number of likely N-dealkylation sites (tertiary alicyclic amines) is 1. The zero-order chi connectivity index (χ0) is 17.0. The average molecular weight is 335 g/mol. The lowest BCUT2D eigenvalue weighted by Gasteiger charge is -2.50. The van der Waals surface area contributed by atoms with Gasteiger partial charge in [-0.3, -0.25) is 4.90 Å². The highest BCUT2D eigenvalue weighted by atomic mass is 19.4. The molecular formula is C14H17F4N3O2. The van der Waals surface area contributed by atoms with Crippen LogP contribution in [0.2, 0.25) is 0 Å². The Morgan fingerprint density at radius 1 is 1.22 bits per heavy atom. The topological polar surface area (TPSA) is 48.7 Å². The van der Waals surface area contributed by atoms with Crippen LogP contribution in [0.5, 0.6) is 0 Å². The van der Waals surface area contributed by atoms with Crippen molar-refractivity contribution in [2.24, 2.45) is 0 Å². The molecule has 9 heteroatoms. The van der Waals surface area contributed by atoms with E-state index in [-0.39, 0.29) is 38.2 Å². The average Bonchev–Trinajstić information content (AvgIpc) is 2.82. The van der Waals surface area contributed by atoms with Gasteiger partial charge in [-0.15, -0.1) is 0 Å². The van der Waals surface area contributed by atoms with Crippen molar-refractivity contribution in [1.29, 1.82) is 0 Å². The fraction of sp³-hybridized carbons (Fsp3) is 0.643. The van der Waals surface area contributed by atoms with Crippen molar-refractivity contribution in [2.75, 3.05) is 26.7 Å². The normalized spacial score (nSPS) is 21.5. The molecule has 5 nitrogen and oxygen atoms in total. The third-order valence-electron chi connectivity index (χ3n) is 5.03. The Hall–Kier alpha value is -1.77. The second-order valence-electron chi connectivity index (χ2n) is 6.10. The largest absolute Gasteiger partial charge is 0.465 e. The van der Waals surface area contributed by atoms with Crippen LogP contribution in [0.4, 0.5) is 22.4 Å². The van der Waals surface area contributed by atoms with Gasteiger partial charge in [0.2, 0.25) is 0 Å². The maximum atomic E-state index is 14.4. The SMILES string of the molecule is CN1CCn2c(C(F)(F)F)cc(F)c2C12CCN(C(=O)O)CC2. The van der Waals surface area contributed by atoms with E-state index in [2.05, 4.69) is 0 Å². The summed E-state index contributed by atoms with van der Waals surface area (Å²) < 4.78 is 54.8. The number of amides is 1. The molecule has 0 aliphatic carbocycles. The second-order valence-corrected chi connectivity index (χ2v) is 6.10. The number of aromatic nitrogens is 1. The maximum Gasteiger partial charge on any atom is 0.431 e. The Bertz CT molecular complexity index is 633. The van der Waals surface area contributed by atoms with Crippen molar-refractivity contribution in [3.8, 4) is 0 Å². The number of nitrogens with zero attached hydrogens (tertiary/aromatic N) is 3. The van der Waals surface area contributed by atoms with Crippen LogP contribution in [-0.2, 0) is 18.3 Å². The summed E-state index contributed by atoms with van der Waals surface area (Å²) in [6.45, 7) is 0.767. The molecule has 0 bridgehead atoms. The molecule has 0 saturated carbocycles.